The van der Waals surface area contributed by atoms with Crippen LogP contribution in [0.4, 0.5) is 8.78 Å². The molecule has 0 unspecified atom stereocenters. The van der Waals surface area contributed by atoms with Crippen molar-refractivity contribution < 1.29 is 8.78 Å². The highest BCUT2D eigenvalue weighted by atomic mass is 19.1. The van der Waals surface area contributed by atoms with Crippen molar-refractivity contribution in [1.82, 2.24) is 0 Å². The minimum atomic E-state index is -0.570. The SMILES string of the molecule is CCCN=Cc1ccc(F)cc1F. The molecular weight excluding hydrogens is 172 g/mol. The second-order valence-corrected chi connectivity index (χ2v) is 2.70. The molecule has 1 aromatic carbocycles. The number of hydrogen-bond donors (Lipinski definition) is 0. The van der Waals surface area contributed by atoms with E-state index in [1.54, 1.807) is 0 Å². The zero-order chi connectivity index (χ0) is 9.68. The Morgan fingerprint density at radius 2 is 2.15 bits per heavy atom. The maximum absolute atomic E-state index is 12.9. The first-order valence-electron chi connectivity index (χ1n) is 4.19. The maximum Gasteiger partial charge on any atom is 0.134 e. The van der Waals surface area contributed by atoms with E-state index < -0.39 is 11.6 Å². The molecule has 0 aliphatic carbocycles. The zero-order valence-corrected chi connectivity index (χ0v) is 7.43. The molecule has 0 bridgehead atoms. The quantitative estimate of drug-likeness (QED) is 0.639. The summed E-state index contributed by atoms with van der Waals surface area (Å²) in [5, 5.41) is 0. The van der Waals surface area contributed by atoms with Gasteiger partial charge in [0.25, 0.3) is 0 Å². The second-order valence-electron chi connectivity index (χ2n) is 2.70. The Morgan fingerprint density at radius 3 is 2.77 bits per heavy atom. The molecule has 0 aliphatic heterocycles. The predicted octanol–water partition coefficient (Wildman–Crippen LogP) is 2.79. The fraction of sp³-hybridized carbons (Fsp3) is 0.300. The lowest BCUT2D eigenvalue weighted by Gasteiger charge is -1.95. The molecule has 0 radical (unpaired) electrons. The first-order chi connectivity index (χ1) is 6.24. The summed E-state index contributed by atoms with van der Waals surface area (Å²) in [6.07, 6.45) is 2.34. The summed E-state index contributed by atoms with van der Waals surface area (Å²) in [4.78, 5) is 3.96. The van der Waals surface area contributed by atoms with Gasteiger partial charge >= 0.3 is 0 Å². The number of benzene rings is 1. The lowest BCUT2D eigenvalue weighted by atomic mass is 10.2. The van der Waals surface area contributed by atoms with E-state index >= 15 is 0 Å². The highest BCUT2D eigenvalue weighted by Gasteiger charge is 1.99. The molecular formula is C10H11F2N. The van der Waals surface area contributed by atoms with Crippen LogP contribution in [0.25, 0.3) is 0 Å². The number of nitrogens with zero attached hydrogens (tertiary/aromatic N) is 1. The normalized spacial score (nSPS) is 11.0. The number of aliphatic imine (C=N–C) groups is 1. The van der Waals surface area contributed by atoms with Gasteiger partial charge in [0, 0.05) is 24.4 Å². The smallest absolute Gasteiger partial charge is 0.134 e. The first-order valence-corrected chi connectivity index (χ1v) is 4.19. The van der Waals surface area contributed by atoms with Crippen molar-refractivity contribution in [2.75, 3.05) is 6.54 Å². The van der Waals surface area contributed by atoms with Gasteiger partial charge < -0.3 is 0 Å². The van der Waals surface area contributed by atoms with Gasteiger partial charge in [0.15, 0.2) is 0 Å². The van der Waals surface area contributed by atoms with E-state index in [0.717, 1.165) is 12.5 Å². The van der Waals surface area contributed by atoms with Crippen molar-refractivity contribution in [2.24, 2.45) is 4.99 Å². The number of hydrogen-bond acceptors (Lipinski definition) is 1. The van der Waals surface area contributed by atoms with E-state index in [-0.39, 0.29) is 0 Å². The van der Waals surface area contributed by atoms with Crippen LogP contribution in [0.15, 0.2) is 23.2 Å². The van der Waals surface area contributed by atoms with Crippen molar-refractivity contribution in [2.45, 2.75) is 13.3 Å². The first kappa shape index (κ1) is 9.84. The summed E-state index contributed by atoms with van der Waals surface area (Å²) < 4.78 is 25.4. The summed E-state index contributed by atoms with van der Waals surface area (Å²) in [6.45, 7) is 2.65. The molecule has 0 saturated heterocycles. The summed E-state index contributed by atoms with van der Waals surface area (Å²) in [5.74, 6) is -1.13. The van der Waals surface area contributed by atoms with Gasteiger partial charge in [-0.05, 0) is 18.6 Å². The Hall–Kier alpha value is -1.25. The predicted molar refractivity (Wildman–Crippen MR) is 49.1 cm³/mol. The van der Waals surface area contributed by atoms with Crippen molar-refractivity contribution >= 4 is 6.21 Å². The molecule has 0 saturated carbocycles. The van der Waals surface area contributed by atoms with E-state index in [9.17, 15) is 8.78 Å². The third-order valence-corrected chi connectivity index (χ3v) is 1.55. The maximum atomic E-state index is 12.9. The molecule has 0 aliphatic rings. The van der Waals surface area contributed by atoms with Gasteiger partial charge in [0.05, 0.1) is 0 Å². The minimum absolute atomic E-state index is 0.329. The molecule has 70 valence electrons. The average molecular weight is 183 g/mol. The largest absolute Gasteiger partial charge is 0.292 e. The Balaban J connectivity index is 2.77. The monoisotopic (exact) mass is 183 g/mol. The lowest BCUT2D eigenvalue weighted by molar-refractivity contribution is 0.582. The average Bonchev–Trinajstić information content (AvgIpc) is 2.09. The molecule has 0 N–H and O–H groups in total. The van der Waals surface area contributed by atoms with Crippen LogP contribution < -0.4 is 0 Å². The molecule has 1 nitrogen and oxygen atoms in total. The van der Waals surface area contributed by atoms with Gasteiger partial charge in [-0.2, -0.15) is 0 Å². The van der Waals surface area contributed by atoms with Crippen molar-refractivity contribution in [3.63, 3.8) is 0 Å². The second kappa shape index (κ2) is 4.70. The van der Waals surface area contributed by atoms with Crippen LogP contribution in [0, 0.1) is 11.6 Å². The lowest BCUT2D eigenvalue weighted by Crippen LogP contribution is -1.90. The summed E-state index contributed by atoms with van der Waals surface area (Å²) in [7, 11) is 0. The molecule has 0 fully saturated rings. The molecule has 0 atom stereocenters. The van der Waals surface area contributed by atoms with Crippen LogP contribution >= 0.6 is 0 Å². The van der Waals surface area contributed by atoms with Gasteiger partial charge in [-0.1, -0.05) is 6.92 Å². The number of halogens is 2. The minimum Gasteiger partial charge on any atom is -0.292 e. The Kier molecular flexibility index (Phi) is 3.55. The Bertz CT molecular complexity index is 308. The van der Waals surface area contributed by atoms with Gasteiger partial charge in [-0.15, -0.1) is 0 Å². The van der Waals surface area contributed by atoms with Crippen LogP contribution in [-0.2, 0) is 0 Å². The molecule has 0 spiro atoms. The molecule has 0 amide bonds. The standard InChI is InChI=1S/C10H11F2N/c1-2-5-13-7-8-3-4-9(11)6-10(8)12/h3-4,6-7H,2,5H2,1H3. The molecule has 1 aromatic rings. The van der Waals surface area contributed by atoms with Gasteiger partial charge in [0.2, 0.25) is 0 Å². The van der Waals surface area contributed by atoms with Gasteiger partial charge in [-0.3, -0.25) is 4.99 Å². The van der Waals surface area contributed by atoms with E-state index in [1.807, 2.05) is 6.92 Å². The number of rotatable bonds is 3. The summed E-state index contributed by atoms with van der Waals surface area (Å²) in [6, 6.07) is 3.45. The molecule has 3 heteroatoms. The fourth-order valence-electron chi connectivity index (χ4n) is 0.898. The van der Waals surface area contributed by atoms with E-state index in [1.165, 1.54) is 18.3 Å². The fourth-order valence-corrected chi connectivity index (χ4v) is 0.898. The van der Waals surface area contributed by atoms with Crippen LogP contribution in [-0.4, -0.2) is 12.8 Å². The van der Waals surface area contributed by atoms with Crippen LogP contribution in [0.2, 0.25) is 0 Å². The highest BCUT2D eigenvalue weighted by Crippen LogP contribution is 2.06. The Morgan fingerprint density at radius 1 is 1.38 bits per heavy atom. The highest BCUT2D eigenvalue weighted by molar-refractivity contribution is 5.79. The Labute approximate surface area is 76.1 Å². The molecule has 0 heterocycles. The van der Waals surface area contributed by atoms with Crippen molar-refractivity contribution in [1.29, 1.82) is 0 Å². The van der Waals surface area contributed by atoms with Gasteiger partial charge in [0.1, 0.15) is 11.6 Å². The third-order valence-electron chi connectivity index (χ3n) is 1.55. The van der Waals surface area contributed by atoms with Crippen LogP contribution in [0.5, 0.6) is 0 Å². The summed E-state index contributed by atoms with van der Waals surface area (Å²) >= 11 is 0. The van der Waals surface area contributed by atoms with Crippen molar-refractivity contribution in [3.8, 4) is 0 Å². The third kappa shape index (κ3) is 2.93. The molecule has 0 aromatic heterocycles. The van der Waals surface area contributed by atoms with Crippen LogP contribution in [0.1, 0.15) is 18.9 Å². The van der Waals surface area contributed by atoms with E-state index in [0.29, 0.717) is 12.1 Å². The van der Waals surface area contributed by atoms with E-state index in [4.69, 9.17) is 0 Å². The van der Waals surface area contributed by atoms with Gasteiger partial charge in [-0.25, -0.2) is 8.78 Å². The molecule has 1 rings (SSSR count). The van der Waals surface area contributed by atoms with Crippen LogP contribution in [0.3, 0.4) is 0 Å². The van der Waals surface area contributed by atoms with E-state index in [2.05, 4.69) is 4.99 Å². The molecule has 13 heavy (non-hydrogen) atoms. The topological polar surface area (TPSA) is 12.4 Å². The van der Waals surface area contributed by atoms with Crippen molar-refractivity contribution in [3.05, 3.63) is 35.4 Å². The zero-order valence-electron chi connectivity index (χ0n) is 7.43. The summed E-state index contributed by atoms with van der Waals surface area (Å²) in [5.41, 5.74) is 0.329.